The maximum atomic E-state index is 10.6. The minimum Gasteiger partial charge on any atom is -0.466 e. The Morgan fingerprint density at radius 1 is 1.10 bits per heavy atom. The zero-order chi connectivity index (χ0) is 14.7. The molecule has 6 nitrogen and oxygen atoms in total. The highest BCUT2D eigenvalue weighted by atomic mass is 16.8. The summed E-state index contributed by atoms with van der Waals surface area (Å²) in [7, 11) is 0. The summed E-state index contributed by atoms with van der Waals surface area (Å²) in [6.45, 7) is 11.5. The largest absolute Gasteiger partial charge is 0.466 e. The first-order valence-corrected chi connectivity index (χ1v) is 6.89. The van der Waals surface area contributed by atoms with Gasteiger partial charge in [-0.25, -0.2) is 0 Å². The molecule has 1 N–H and O–H groups in total. The smallest absolute Gasteiger partial charge is 0.231 e. The van der Waals surface area contributed by atoms with Gasteiger partial charge < -0.3 is 28.8 Å². The minimum absolute atomic E-state index is 0.305. The van der Waals surface area contributed by atoms with Crippen molar-refractivity contribution in [2.24, 2.45) is 5.92 Å². The topological polar surface area (TPSA) is 66.4 Å². The van der Waals surface area contributed by atoms with Crippen LogP contribution >= 0.6 is 0 Å². The van der Waals surface area contributed by atoms with E-state index >= 15 is 0 Å². The fraction of sp³-hybridized carbons (Fsp3) is 0.857. The van der Waals surface area contributed by atoms with Crippen molar-refractivity contribution in [1.82, 2.24) is 0 Å². The normalized spacial score (nSPS) is 46.0. The molecule has 5 atom stereocenters. The van der Waals surface area contributed by atoms with Crippen molar-refractivity contribution in [3.8, 4) is 0 Å². The molecule has 6 heteroatoms. The van der Waals surface area contributed by atoms with Crippen LogP contribution in [0.5, 0.6) is 0 Å². The number of ether oxygens (including phenoxy) is 5. The quantitative estimate of drug-likeness (QED) is 0.779. The number of rotatable bonds is 1. The lowest BCUT2D eigenvalue weighted by Gasteiger charge is -2.38. The number of aliphatic hydroxyl groups excluding tert-OH is 1. The summed E-state index contributed by atoms with van der Waals surface area (Å²) < 4.78 is 28.4. The number of hydrogen-bond donors (Lipinski definition) is 1. The molecule has 3 aliphatic heterocycles. The summed E-state index contributed by atoms with van der Waals surface area (Å²) in [5.41, 5.74) is 0. The van der Waals surface area contributed by atoms with Crippen LogP contribution < -0.4 is 0 Å². The van der Waals surface area contributed by atoms with E-state index in [-0.39, 0.29) is 6.10 Å². The van der Waals surface area contributed by atoms with E-state index in [2.05, 4.69) is 6.58 Å². The van der Waals surface area contributed by atoms with E-state index in [1.807, 2.05) is 13.8 Å². The lowest BCUT2D eigenvalue weighted by atomic mass is 9.88. The molecule has 0 saturated carbocycles. The van der Waals surface area contributed by atoms with E-state index in [4.69, 9.17) is 23.7 Å². The van der Waals surface area contributed by atoms with Gasteiger partial charge in [-0.2, -0.15) is 0 Å². The van der Waals surface area contributed by atoms with Gasteiger partial charge >= 0.3 is 0 Å². The van der Waals surface area contributed by atoms with Crippen LogP contribution in [0.15, 0.2) is 12.3 Å². The summed E-state index contributed by atoms with van der Waals surface area (Å²) in [5.74, 6) is -1.38. The molecule has 0 aromatic rings. The molecule has 0 unspecified atom stereocenters. The summed E-state index contributed by atoms with van der Waals surface area (Å²) in [5, 5.41) is 10.6. The van der Waals surface area contributed by atoms with Crippen LogP contribution in [-0.4, -0.2) is 47.9 Å². The monoisotopic (exact) mass is 286 g/mol. The van der Waals surface area contributed by atoms with Crippen LogP contribution in [0.25, 0.3) is 0 Å². The zero-order valence-corrected chi connectivity index (χ0v) is 12.3. The number of aliphatic hydroxyl groups is 1. The van der Waals surface area contributed by atoms with Gasteiger partial charge in [0.25, 0.3) is 0 Å². The molecule has 0 spiro atoms. The van der Waals surface area contributed by atoms with E-state index in [0.717, 1.165) is 0 Å². The molecular weight excluding hydrogens is 264 g/mol. The molecule has 3 fully saturated rings. The Bertz CT molecular complexity index is 418. The molecule has 3 rings (SSSR count). The zero-order valence-electron chi connectivity index (χ0n) is 12.3. The molecular formula is C14H22O6. The first kappa shape index (κ1) is 14.3. The van der Waals surface area contributed by atoms with E-state index in [1.165, 1.54) is 0 Å². The molecule has 3 aliphatic rings. The van der Waals surface area contributed by atoms with Crippen LogP contribution in [0, 0.1) is 5.92 Å². The van der Waals surface area contributed by atoms with Crippen LogP contribution in [0.1, 0.15) is 27.7 Å². The molecule has 114 valence electrons. The molecule has 3 saturated heterocycles. The third-order valence-corrected chi connectivity index (χ3v) is 3.86. The molecule has 0 aromatic heterocycles. The maximum absolute atomic E-state index is 10.6. The molecule has 3 heterocycles. The summed E-state index contributed by atoms with van der Waals surface area (Å²) in [6.07, 6.45) is -2.28. The van der Waals surface area contributed by atoms with E-state index in [9.17, 15) is 5.11 Å². The van der Waals surface area contributed by atoms with E-state index in [0.29, 0.717) is 12.4 Å². The van der Waals surface area contributed by atoms with Gasteiger partial charge in [-0.3, -0.25) is 0 Å². The van der Waals surface area contributed by atoms with Gasteiger partial charge in [0.15, 0.2) is 11.6 Å². The molecule has 0 bridgehead atoms. The highest BCUT2D eigenvalue weighted by Gasteiger charge is 2.56. The Hall–Kier alpha value is -0.660. The summed E-state index contributed by atoms with van der Waals surface area (Å²) in [4.78, 5) is 0. The van der Waals surface area contributed by atoms with Crippen molar-refractivity contribution in [1.29, 1.82) is 0 Å². The first-order valence-electron chi connectivity index (χ1n) is 6.89. The van der Waals surface area contributed by atoms with Crippen LogP contribution in [0.2, 0.25) is 0 Å². The van der Waals surface area contributed by atoms with Gasteiger partial charge in [0.05, 0.1) is 24.7 Å². The van der Waals surface area contributed by atoms with Gasteiger partial charge in [0.1, 0.15) is 11.9 Å². The standard InChI is InChI=1S/C14H22O6/c1-7-9(8-6-16-13(2,3)18-8)10(15)11-12(17-7)20-14(4,5)19-11/h8-12,15H,1,6H2,2-5H3/t8-,9-,10+,11+,12-/m1/s1. The average Bonchev–Trinajstić information content (AvgIpc) is 2.78. The Morgan fingerprint density at radius 3 is 2.40 bits per heavy atom. The second kappa shape index (κ2) is 4.42. The Morgan fingerprint density at radius 2 is 1.80 bits per heavy atom. The van der Waals surface area contributed by atoms with E-state index in [1.54, 1.807) is 13.8 Å². The van der Waals surface area contributed by atoms with Crippen LogP contribution in [0.4, 0.5) is 0 Å². The summed E-state index contributed by atoms with van der Waals surface area (Å²) in [6, 6.07) is 0. The van der Waals surface area contributed by atoms with Crippen molar-refractivity contribution in [2.45, 2.75) is 63.9 Å². The maximum Gasteiger partial charge on any atom is 0.231 e. The van der Waals surface area contributed by atoms with E-state index < -0.39 is 36.0 Å². The van der Waals surface area contributed by atoms with Gasteiger partial charge in [-0.15, -0.1) is 0 Å². The SMILES string of the molecule is C=C1O[C@@H]2OC(C)(C)O[C@H]2[C@@H](O)[C@H]1[C@H]1COC(C)(C)O1. The molecule has 20 heavy (non-hydrogen) atoms. The van der Waals surface area contributed by atoms with Crippen molar-refractivity contribution in [3.63, 3.8) is 0 Å². The molecule has 0 amide bonds. The number of fused-ring (bicyclic) bond motifs is 1. The van der Waals surface area contributed by atoms with Crippen LogP contribution in [0.3, 0.4) is 0 Å². The second-order valence-corrected chi connectivity index (χ2v) is 6.44. The lowest BCUT2D eigenvalue weighted by molar-refractivity contribution is -0.195. The predicted molar refractivity (Wildman–Crippen MR) is 68.5 cm³/mol. The Labute approximate surface area is 118 Å². The van der Waals surface area contributed by atoms with Gasteiger partial charge in [0, 0.05) is 0 Å². The highest BCUT2D eigenvalue weighted by Crippen LogP contribution is 2.43. The molecule has 0 aliphatic carbocycles. The van der Waals surface area contributed by atoms with Crippen molar-refractivity contribution < 1.29 is 28.8 Å². The molecule has 0 aromatic carbocycles. The Balaban J connectivity index is 1.78. The first-order chi connectivity index (χ1) is 9.19. The van der Waals surface area contributed by atoms with Crippen molar-refractivity contribution >= 4 is 0 Å². The lowest BCUT2D eigenvalue weighted by Crippen LogP contribution is -2.51. The van der Waals surface area contributed by atoms with Gasteiger partial charge in [0.2, 0.25) is 6.29 Å². The van der Waals surface area contributed by atoms with Gasteiger partial charge in [-0.1, -0.05) is 6.58 Å². The van der Waals surface area contributed by atoms with Crippen molar-refractivity contribution in [2.75, 3.05) is 6.61 Å². The van der Waals surface area contributed by atoms with Crippen LogP contribution in [-0.2, 0) is 23.7 Å². The van der Waals surface area contributed by atoms with Crippen molar-refractivity contribution in [3.05, 3.63) is 12.3 Å². The average molecular weight is 286 g/mol. The number of hydrogen-bond acceptors (Lipinski definition) is 6. The second-order valence-electron chi connectivity index (χ2n) is 6.44. The van der Waals surface area contributed by atoms with Gasteiger partial charge in [-0.05, 0) is 27.7 Å². The Kier molecular flexibility index (Phi) is 3.15. The minimum atomic E-state index is -0.800. The predicted octanol–water partition coefficient (Wildman–Crippen LogP) is 1.14. The fourth-order valence-corrected chi connectivity index (χ4v) is 3.02. The highest BCUT2D eigenvalue weighted by molar-refractivity contribution is 5.08. The molecule has 0 radical (unpaired) electrons. The third-order valence-electron chi connectivity index (χ3n) is 3.86. The summed E-state index contributed by atoms with van der Waals surface area (Å²) >= 11 is 0. The fourth-order valence-electron chi connectivity index (χ4n) is 3.02. The third kappa shape index (κ3) is 2.35.